The first-order valence-corrected chi connectivity index (χ1v) is 10.1. The lowest BCUT2D eigenvalue weighted by Crippen LogP contribution is -2.36. The number of anilines is 3. The molecule has 0 atom stereocenters. The van der Waals surface area contributed by atoms with Crippen LogP contribution < -0.4 is 16.0 Å². The number of morpholine rings is 1. The minimum absolute atomic E-state index is 0.0497. The third-order valence-corrected chi connectivity index (χ3v) is 5.06. The van der Waals surface area contributed by atoms with E-state index in [0.717, 1.165) is 29.9 Å². The topological polar surface area (TPSA) is 126 Å². The van der Waals surface area contributed by atoms with Crippen molar-refractivity contribution in [3.8, 4) is 11.3 Å². The number of nitrogens with one attached hydrogen (secondary N) is 1. The van der Waals surface area contributed by atoms with E-state index in [0.29, 0.717) is 31.0 Å². The highest BCUT2D eigenvalue weighted by Gasteiger charge is 2.19. The molecule has 0 aliphatic carbocycles. The third-order valence-electron chi connectivity index (χ3n) is 5.06. The maximum Gasteiger partial charge on any atom is 0.278 e. The van der Waals surface area contributed by atoms with E-state index in [2.05, 4.69) is 25.2 Å². The van der Waals surface area contributed by atoms with Crippen LogP contribution in [-0.4, -0.2) is 58.9 Å². The summed E-state index contributed by atoms with van der Waals surface area (Å²) >= 11 is 0. The fourth-order valence-corrected chi connectivity index (χ4v) is 3.42. The molecule has 4 rings (SSSR count). The van der Waals surface area contributed by atoms with E-state index in [1.54, 1.807) is 12.4 Å². The van der Waals surface area contributed by atoms with Gasteiger partial charge in [0.05, 0.1) is 42.7 Å². The van der Waals surface area contributed by atoms with Crippen molar-refractivity contribution in [2.45, 2.75) is 6.42 Å². The van der Waals surface area contributed by atoms with E-state index < -0.39 is 5.91 Å². The van der Waals surface area contributed by atoms with E-state index in [-0.39, 0.29) is 18.1 Å². The summed E-state index contributed by atoms with van der Waals surface area (Å²) in [7, 11) is 0. The summed E-state index contributed by atoms with van der Waals surface area (Å²) in [6.07, 6.45) is 5.42. The van der Waals surface area contributed by atoms with Crippen molar-refractivity contribution in [3.05, 3.63) is 60.2 Å². The molecule has 1 amide bonds. The molecule has 3 aromatic rings. The lowest BCUT2D eigenvalue weighted by Gasteiger charge is -2.30. The molecule has 0 spiro atoms. The lowest BCUT2D eigenvalue weighted by atomic mass is 10.1. The van der Waals surface area contributed by atoms with Gasteiger partial charge in [0.2, 0.25) is 0 Å². The van der Waals surface area contributed by atoms with Crippen LogP contribution in [0, 0.1) is 0 Å². The van der Waals surface area contributed by atoms with Gasteiger partial charge in [-0.05, 0) is 18.1 Å². The van der Waals surface area contributed by atoms with Crippen molar-refractivity contribution < 1.29 is 14.6 Å². The number of hydrogen-bond acceptors (Lipinski definition) is 8. The van der Waals surface area contributed by atoms with E-state index >= 15 is 0 Å². The molecule has 0 unspecified atom stereocenters. The maximum atomic E-state index is 13.0. The SMILES string of the molecule is Nc1ncc(-c2ccc(CCO)cc2)nc1C(=O)Nc1cnccc1N1CCOCC1. The normalized spacial score (nSPS) is 13.8. The Bertz CT molecular complexity index is 1050. The van der Waals surface area contributed by atoms with Gasteiger partial charge in [-0.25, -0.2) is 9.97 Å². The van der Waals surface area contributed by atoms with Crippen molar-refractivity contribution in [1.29, 1.82) is 0 Å². The number of aromatic nitrogens is 3. The molecule has 0 saturated carbocycles. The first-order valence-electron chi connectivity index (χ1n) is 10.1. The van der Waals surface area contributed by atoms with Crippen molar-refractivity contribution >= 4 is 23.1 Å². The number of ether oxygens (including phenoxy) is 1. The number of carbonyl (C=O) groups is 1. The molecule has 4 N–H and O–H groups in total. The van der Waals surface area contributed by atoms with Gasteiger partial charge in [0.25, 0.3) is 5.91 Å². The monoisotopic (exact) mass is 420 g/mol. The van der Waals surface area contributed by atoms with E-state index in [1.165, 1.54) is 6.20 Å². The molecule has 31 heavy (non-hydrogen) atoms. The standard InChI is InChI=1S/C22H24N6O3/c23-21-20(26-17(14-25-21)16-3-1-15(2-4-16)6-10-29)22(30)27-18-13-24-7-5-19(18)28-8-11-31-12-9-28/h1-5,7,13-14,29H,6,8-12H2,(H2,23,25)(H,27,30). The Kier molecular flexibility index (Phi) is 6.34. The second kappa shape index (κ2) is 9.50. The van der Waals surface area contributed by atoms with Crippen LogP contribution >= 0.6 is 0 Å². The van der Waals surface area contributed by atoms with Gasteiger partial charge in [-0.15, -0.1) is 0 Å². The predicted molar refractivity (Wildman–Crippen MR) is 118 cm³/mol. The van der Waals surface area contributed by atoms with Crippen LogP contribution in [0.3, 0.4) is 0 Å². The van der Waals surface area contributed by atoms with E-state index in [4.69, 9.17) is 15.6 Å². The molecule has 1 aromatic carbocycles. The number of benzene rings is 1. The fourth-order valence-electron chi connectivity index (χ4n) is 3.42. The van der Waals surface area contributed by atoms with Crippen molar-refractivity contribution in [2.75, 3.05) is 48.9 Å². The van der Waals surface area contributed by atoms with Gasteiger partial charge < -0.3 is 25.8 Å². The maximum absolute atomic E-state index is 13.0. The average molecular weight is 420 g/mol. The van der Waals surface area contributed by atoms with Gasteiger partial charge >= 0.3 is 0 Å². The molecular weight excluding hydrogens is 396 g/mol. The van der Waals surface area contributed by atoms with E-state index in [1.807, 2.05) is 30.3 Å². The molecule has 1 saturated heterocycles. The van der Waals surface area contributed by atoms with Crippen LogP contribution in [0.25, 0.3) is 11.3 Å². The fraction of sp³-hybridized carbons (Fsp3) is 0.273. The van der Waals surface area contributed by atoms with Crippen LogP contribution in [0.5, 0.6) is 0 Å². The summed E-state index contributed by atoms with van der Waals surface area (Å²) in [6, 6.07) is 9.44. The number of nitrogen functional groups attached to an aromatic ring is 1. The average Bonchev–Trinajstić information content (AvgIpc) is 2.81. The van der Waals surface area contributed by atoms with Crippen LogP contribution in [0.1, 0.15) is 16.1 Å². The van der Waals surface area contributed by atoms with Gasteiger partial charge in [0.1, 0.15) is 0 Å². The third kappa shape index (κ3) is 4.79. The zero-order valence-corrected chi connectivity index (χ0v) is 17.0. The highest BCUT2D eigenvalue weighted by atomic mass is 16.5. The Hall–Kier alpha value is -3.56. The van der Waals surface area contributed by atoms with Crippen LogP contribution in [0.4, 0.5) is 17.2 Å². The molecule has 160 valence electrons. The number of nitrogens with two attached hydrogens (primary N) is 1. The van der Waals surface area contributed by atoms with E-state index in [9.17, 15) is 4.79 Å². The minimum Gasteiger partial charge on any atom is -0.396 e. The summed E-state index contributed by atoms with van der Waals surface area (Å²) in [5, 5.41) is 11.9. The first-order chi connectivity index (χ1) is 15.2. The Labute approximate surface area is 179 Å². The number of aliphatic hydroxyl groups excluding tert-OH is 1. The molecule has 9 nitrogen and oxygen atoms in total. The molecule has 9 heteroatoms. The molecule has 1 aliphatic heterocycles. The van der Waals surface area contributed by atoms with Gasteiger partial charge in [-0.1, -0.05) is 24.3 Å². The second-order valence-electron chi connectivity index (χ2n) is 7.11. The van der Waals surface area contributed by atoms with Crippen molar-refractivity contribution in [2.24, 2.45) is 0 Å². The van der Waals surface area contributed by atoms with Crippen molar-refractivity contribution in [3.63, 3.8) is 0 Å². The summed E-state index contributed by atoms with van der Waals surface area (Å²) < 4.78 is 5.41. The Balaban J connectivity index is 1.57. The first kappa shape index (κ1) is 20.7. The minimum atomic E-state index is -0.453. The summed E-state index contributed by atoms with van der Waals surface area (Å²) in [5.41, 5.74) is 9.81. The van der Waals surface area contributed by atoms with Gasteiger partial charge in [0, 0.05) is 31.5 Å². The molecular formula is C22H24N6O3. The number of aliphatic hydroxyl groups is 1. The van der Waals surface area contributed by atoms with Crippen LogP contribution in [-0.2, 0) is 11.2 Å². The van der Waals surface area contributed by atoms with Gasteiger partial charge in [-0.2, -0.15) is 0 Å². The number of nitrogens with zero attached hydrogens (tertiary/aromatic N) is 4. The Morgan fingerprint density at radius 3 is 2.68 bits per heavy atom. The molecule has 3 heterocycles. The molecule has 2 aromatic heterocycles. The molecule has 0 bridgehead atoms. The number of carbonyl (C=O) groups excluding carboxylic acids is 1. The quantitative estimate of drug-likeness (QED) is 0.550. The van der Waals surface area contributed by atoms with Gasteiger partial charge in [0.15, 0.2) is 11.5 Å². The molecule has 0 radical (unpaired) electrons. The lowest BCUT2D eigenvalue weighted by molar-refractivity contribution is 0.102. The second-order valence-corrected chi connectivity index (χ2v) is 7.11. The zero-order chi connectivity index (χ0) is 21.6. The summed E-state index contributed by atoms with van der Waals surface area (Å²) in [4.78, 5) is 27.9. The number of rotatable bonds is 6. The van der Waals surface area contributed by atoms with Gasteiger partial charge in [-0.3, -0.25) is 9.78 Å². The van der Waals surface area contributed by atoms with Crippen LogP contribution in [0.2, 0.25) is 0 Å². The Morgan fingerprint density at radius 2 is 1.94 bits per heavy atom. The number of pyridine rings is 1. The number of hydrogen-bond donors (Lipinski definition) is 3. The summed E-state index contributed by atoms with van der Waals surface area (Å²) in [6.45, 7) is 2.82. The highest BCUT2D eigenvalue weighted by molar-refractivity contribution is 6.07. The molecule has 1 aliphatic rings. The highest BCUT2D eigenvalue weighted by Crippen LogP contribution is 2.26. The predicted octanol–water partition coefficient (Wildman–Crippen LogP) is 1.74. The zero-order valence-electron chi connectivity index (χ0n) is 17.0. The number of amides is 1. The Morgan fingerprint density at radius 1 is 1.16 bits per heavy atom. The largest absolute Gasteiger partial charge is 0.396 e. The summed E-state index contributed by atoms with van der Waals surface area (Å²) in [5.74, 6) is -0.402. The van der Waals surface area contributed by atoms with Crippen molar-refractivity contribution in [1.82, 2.24) is 15.0 Å². The van der Waals surface area contributed by atoms with Crippen LogP contribution in [0.15, 0.2) is 48.9 Å². The molecule has 1 fully saturated rings. The smallest absolute Gasteiger partial charge is 0.278 e.